The van der Waals surface area contributed by atoms with Crippen LogP contribution < -0.4 is 4.74 Å². The first kappa shape index (κ1) is 13.9. The zero-order valence-corrected chi connectivity index (χ0v) is 10.3. The molecule has 2 aromatic carbocycles. The molecule has 0 radical (unpaired) electrons. The molecule has 0 spiro atoms. The molecule has 0 fully saturated rings. The number of halogens is 3. The summed E-state index contributed by atoms with van der Waals surface area (Å²) in [5, 5.41) is 9.80. The maximum atomic E-state index is 13.6. The molecule has 1 N–H and O–H groups in total. The molecule has 0 heterocycles. The minimum Gasteiger partial charge on any atom is -0.504 e. The fraction of sp³-hybridized carbons (Fsp3) is 0.0714. The molecule has 2 aromatic rings. The maximum Gasteiger partial charge on any atom is 0.199 e. The van der Waals surface area contributed by atoms with Crippen LogP contribution in [0.5, 0.6) is 11.5 Å². The first-order valence-electron chi connectivity index (χ1n) is 5.51. The van der Waals surface area contributed by atoms with Gasteiger partial charge in [0.2, 0.25) is 0 Å². The summed E-state index contributed by atoms with van der Waals surface area (Å²) in [6.45, 7) is 0. The van der Waals surface area contributed by atoms with E-state index in [4.69, 9.17) is 4.74 Å². The van der Waals surface area contributed by atoms with Gasteiger partial charge in [-0.25, -0.2) is 13.2 Å². The van der Waals surface area contributed by atoms with E-state index in [1.807, 2.05) is 0 Å². The molecule has 2 rings (SSSR count). The lowest BCUT2D eigenvalue weighted by molar-refractivity contribution is 0.103. The van der Waals surface area contributed by atoms with Gasteiger partial charge in [-0.15, -0.1) is 0 Å². The van der Waals surface area contributed by atoms with E-state index >= 15 is 0 Å². The van der Waals surface area contributed by atoms with Gasteiger partial charge in [-0.05, 0) is 24.3 Å². The number of rotatable bonds is 3. The topological polar surface area (TPSA) is 46.5 Å². The van der Waals surface area contributed by atoms with Crippen LogP contribution in [-0.2, 0) is 0 Å². The number of ether oxygens (including phenoxy) is 1. The minimum atomic E-state index is -1.74. The lowest BCUT2D eigenvalue weighted by Gasteiger charge is -2.09. The van der Waals surface area contributed by atoms with Crippen molar-refractivity contribution in [2.24, 2.45) is 0 Å². The summed E-state index contributed by atoms with van der Waals surface area (Å²) in [5.41, 5.74) is -0.943. The van der Waals surface area contributed by atoms with Crippen molar-refractivity contribution in [1.82, 2.24) is 0 Å². The standard InChI is InChI=1S/C14H9F3O3/c1-20-10-4-2-3-8(14(10)19)13(18)7-5-6-9(15)12(17)11(7)16/h2-6,19H,1H3. The van der Waals surface area contributed by atoms with E-state index in [1.165, 1.54) is 25.3 Å². The summed E-state index contributed by atoms with van der Waals surface area (Å²) in [4.78, 5) is 12.1. The second-order valence-electron chi connectivity index (χ2n) is 3.91. The van der Waals surface area contributed by atoms with Crippen molar-refractivity contribution in [2.75, 3.05) is 7.11 Å². The van der Waals surface area contributed by atoms with Gasteiger partial charge in [0.1, 0.15) is 0 Å². The van der Waals surface area contributed by atoms with Gasteiger partial charge >= 0.3 is 0 Å². The number of carbonyl (C=O) groups excluding carboxylic acids is 1. The number of hydrogen-bond donors (Lipinski definition) is 1. The Balaban J connectivity index is 2.55. The van der Waals surface area contributed by atoms with Crippen molar-refractivity contribution in [3.63, 3.8) is 0 Å². The van der Waals surface area contributed by atoms with Gasteiger partial charge in [-0.2, -0.15) is 0 Å². The van der Waals surface area contributed by atoms with Crippen LogP contribution in [0.15, 0.2) is 30.3 Å². The molecule has 6 heteroatoms. The number of carbonyl (C=O) groups is 1. The van der Waals surface area contributed by atoms with E-state index in [-0.39, 0.29) is 11.3 Å². The highest BCUT2D eigenvalue weighted by Gasteiger charge is 2.23. The number of para-hydroxylation sites is 1. The van der Waals surface area contributed by atoms with Crippen LogP contribution in [0.1, 0.15) is 15.9 Å². The molecule has 3 nitrogen and oxygen atoms in total. The SMILES string of the molecule is COc1cccc(C(=O)c2ccc(F)c(F)c2F)c1O. The molecule has 0 aliphatic heterocycles. The Morgan fingerprint density at radius 2 is 1.75 bits per heavy atom. The average molecular weight is 282 g/mol. The van der Waals surface area contributed by atoms with Crippen molar-refractivity contribution in [2.45, 2.75) is 0 Å². The third kappa shape index (κ3) is 2.20. The molecule has 0 aliphatic rings. The highest BCUT2D eigenvalue weighted by Crippen LogP contribution is 2.31. The van der Waals surface area contributed by atoms with Crippen LogP contribution in [0.25, 0.3) is 0 Å². The normalized spacial score (nSPS) is 10.4. The third-order valence-electron chi connectivity index (χ3n) is 2.74. The molecule has 0 bridgehead atoms. The van der Waals surface area contributed by atoms with Gasteiger partial charge in [-0.1, -0.05) is 6.07 Å². The van der Waals surface area contributed by atoms with Crippen molar-refractivity contribution in [3.05, 3.63) is 58.9 Å². The number of methoxy groups -OCH3 is 1. The zero-order chi connectivity index (χ0) is 14.9. The number of phenolic OH excluding ortho intramolecular Hbond substituents is 1. The van der Waals surface area contributed by atoms with Crippen molar-refractivity contribution < 1.29 is 27.8 Å². The van der Waals surface area contributed by atoms with Crippen LogP contribution in [-0.4, -0.2) is 18.0 Å². The highest BCUT2D eigenvalue weighted by atomic mass is 19.2. The summed E-state index contributed by atoms with van der Waals surface area (Å²) in [6, 6.07) is 5.48. The molecular weight excluding hydrogens is 273 g/mol. The van der Waals surface area contributed by atoms with Crippen LogP contribution in [0, 0.1) is 17.5 Å². The smallest absolute Gasteiger partial charge is 0.199 e. The molecule has 0 atom stereocenters. The van der Waals surface area contributed by atoms with Gasteiger partial charge in [0.15, 0.2) is 34.7 Å². The summed E-state index contributed by atoms with van der Waals surface area (Å²) in [5.74, 6) is -6.19. The third-order valence-corrected chi connectivity index (χ3v) is 2.74. The van der Waals surface area contributed by atoms with E-state index in [2.05, 4.69) is 0 Å². The van der Waals surface area contributed by atoms with Crippen molar-refractivity contribution in [3.8, 4) is 11.5 Å². The van der Waals surface area contributed by atoms with Crippen LogP contribution in [0.4, 0.5) is 13.2 Å². The summed E-state index contributed by atoms with van der Waals surface area (Å²) in [6.07, 6.45) is 0. The number of hydrogen-bond acceptors (Lipinski definition) is 3. The van der Waals surface area contributed by atoms with Gasteiger partial charge in [0.25, 0.3) is 0 Å². The Morgan fingerprint density at radius 1 is 1.05 bits per heavy atom. The Morgan fingerprint density at radius 3 is 2.40 bits per heavy atom. The van der Waals surface area contributed by atoms with Gasteiger partial charge in [0.05, 0.1) is 18.2 Å². The predicted molar refractivity (Wildman–Crippen MR) is 64.4 cm³/mol. The molecule has 0 unspecified atom stereocenters. The second kappa shape index (κ2) is 5.24. The second-order valence-corrected chi connectivity index (χ2v) is 3.91. The molecule has 0 saturated carbocycles. The summed E-state index contributed by atoms with van der Waals surface area (Å²) >= 11 is 0. The molecule has 0 saturated heterocycles. The fourth-order valence-electron chi connectivity index (χ4n) is 1.72. The molecule has 0 amide bonds. The van der Waals surface area contributed by atoms with Gasteiger partial charge in [-0.3, -0.25) is 4.79 Å². The maximum absolute atomic E-state index is 13.6. The molecule has 104 valence electrons. The van der Waals surface area contributed by atoms with E-state index in [0.29, 0.717) is 6.07 Å². The largest absolute Gasteiger partial charge is 0.504 e. The quantitative estimate of drug-likeness (QED) is 0.695. The number of phenols is 1. The van der Waals surface area contributed by atoms with Crippen LogP contribution in [0.3, 0.4) is 0 Å². The van der Waals surface area contributed by atoms with E-state index in [9.17, 15) is 23.1 Å². The van der Waals surface area contributed by atoms with Crippen LogP contribution in [0.2, 0.25) is 0 Å². The van der Waals surface area contributed by atoms with E-state index < -0.39 is 34.5 Å². The Bertz CT molecular complexity index is 684. The van der Waals surface area contributed by atoms with Crippen molar-refractivity contribution >= 4 is 5.78 Å². The molecular formula is C14H9F3O3. The van der Waals surface area contributed by atoms with E-state index in [0.717, 1.165) is 6.07 Å². The van der Waals surface area contributed by atoms with Gasteiger partial charge in [0, 0.05) is 0 Å². The Labute approximate surface area is 112 Å². The highest BCUT2D eigenvalue weighted by molar-refractivity contribution is 6.11. The fourth-order valence-corrected chi connectivity index (χ4v) is 1.72. The minimum absolute atomic E-state index is 0.0128. The number of benzene rings is 2. The Hall–Kier alpha value is -2.50. The molecule has 20 heavy (non-hydrogen) atoms. The molecule has 0 aromatic heterocycles. The monoisotopic (exact) mass is 282 g/mol. The molecule has 0 aliphatic carbocycles. The lowest BCUT2D eigenvalue weighted by atomic mass is 10.0. The summed E-state index contributed by atoms with van der Waals surface area (Å²) in [7, 11) is 1.28. The Kier molecular flexibility index (Phi) is 3.65. The summed E-state index contributed by atoms with van der Waals surface area (Å²) < 4.78 is 44.3. The van der Waals surface area contributed by atoms with Crippen LogP contribution >= 0.6 is 0 Å². The van der Waals surface area contributed by atoms with Gasteiger partial charge < -0.3 is 9.84 Å². The predicted octanol–water partition coefficient (Wildman–Crippen LogP) is 3.05. The first-order chi connectivity index (χ1) is 9.47. The zero-order valence-electron chi connectivity index (χ0n) is 10.3. The number of ketones is 1. The first-order valence-corrected chi connectivity index (χ1v) is 5.51. The number of aromatic hydroxyl groups is 1. The average Bonchev–Trinajstić information content (AvgIpc) is 2.44. The van der Waals surface area contributed by atoms with Crippen molar-refractivity contribution in [1.29, 1.82) is 0 Å². The lowest BCUT2D eigenvalue weighted by Crippen LogP contribution is -2.08. The van der Waals surface area contributed by atoms with E-state index in [1.54, 1.807) is 0 Å².